The van der Waals surface area contributed by atoms with Crippen molar-refractivity contribution in [3.8, 4) is 5.75 Å². The maximum Gasteiger partial charge on any atom is 0.124 e. The Morgan fingerprint density at radius 1 is 1.29 bits per heavy atom. The van der Waals surface area contributed by atoms with Crippen molar-refractivity contribution in [1.29, 1.82) is 0 Å². The smallest absolute Gasteiger partial charge is 0.124 e. The van der Waals surface area contributed by atoms with Gasteiger partial charge in [0, 0.05) is 6.04 Å². The Bertz CT molecular complexity index is 353. The molecule has 0 aliphatic heterocycles. The second-order valence-electron chi connectivity index (χ2n) is 4.61. The van der Waals surface area contributed by atoms with E-state index >= 15 is 0 Å². The van der Waals surface area contributed by atoms with Gasteiger partial charge in [-0.2, -0.15) is 0 Å². The molecule has 3 heteroatoms. The fourth-order valence-corrected chi connectivity index (χ4v) is 2.19. The fourth-order valence-electron chi connectivity index (χ4n) is 2.19. The van der Waals surface area contributed by atoms with Gasteiger partial charge in [0.05, 0.1) is 13.2 Å². The summed E-state index contributed by atoms with van der Waals surface area (Å²) in [7, 11) is 1.68. The van der Waals surface area contributed by atoms with Crippen LogP contribution in [-0.2, 0) is 6.42 Å². The van der Waals surface area contributed by atoms with Gasteiger partial charge in [-0.15, -0.1) is 0 Å². The highest BCUT2D eigenvalue weighted by atomic mass is 16.5. The van der Waals surface area contributed by atoms with Gasteiger partial charge in [0.25, 0.3) is 0 Å². The molecule has 1 aromatic carbocycles. The molecule has 1 aromatic rings. The summed E-state index contributed by atoms with van der Waals surface area (Å²) in [5, 5.41) is 9.68. The first kappa shape index (κ1) is 14.0. The van der Waals surface area contributed by atoms with Gasteiger partial charge in [-0.05, 0) is 43.4 Å². The number of ether oxygens (including phenoxy) is 1. The number of aryl methyl sites for hydroxylation is 2. The molecule has 0 saturated carbocycles. The molecule has 2 atom stereocenters. The number of aliphatic hydroxyl groups excluding tert-OH is 1. The molecule has 0 aliphatic carbocycles. The van der Waals surface area contributed by atoms with Gasteiger partial charge in [0.15, 0.2) is 0 Å². The van der Waals surface area contributed by atoms with Crippen LogP contribution in [0.3, 0.4) is 0 Å². The number of rotatable bonds is 5. The first-order valence-corrected chi connectivity index (χ1v) is 6.07. The van der Waals surface area contributed by atoms with Gasteiger partial charge in [-0.1, -0.05) is 19.1 Å². The first-order valence-electron chi connectivity index (χ1n) is 6.07. The minimum absolute atomic E-state index is 0.202. The first-order chi connectivity index (χ1) is 7.99. The Labute approximate surface area is 104 Å². The zero-order valence-corrected chi connectivity index (χ0v) is 11.2. The normalized spacial score (nSPS) is 14.5. The number of methoxy groups -OCH3 is 1. The molecule has 0 radical (unpaired) electrons. The van der Waals surface area contributed by atoms with Crippen molar-refractivity contribution in [2.75, 3.05) is 7.11 Å². The van der Waals surface area contributed by atoms with Gasteiger partial charge < -0.3 is 15.6 Å². The molecule has 0 aromatic heterocycles. The molecule has 0 heterocycles. The summed E-state index contributed by atoms with van der Waals surface area (Å²) in [6, 6.07) is 3.95. The van der Waals surface area contributed by atoms with Crippen LogP contribution in [-0.4, -0.2) is 24.4 Å². The summed E-state index contributed by atoms with van der Waals surface area (Å²) in [5.41, 5.74) is 9.33. The van der Waals surface area contributed by atoms with E-state index in [0.29, 0.717) is 12.8 Å². The minimum Gasteiger partial charge on any atom is -0.496 e. The molecule has 3 nitrogen and oxygen atoms in total. The van der Waals surface area contributed by atoms with E-state index in [9.17, 15) is 5.11 Å². The van der Waals surface area contributed by atoms with Crippen LogP contribution < -0.4 is 10.5 Å². The van der Waals surface area contributed by atoms with Gasteiger partial charge in [-0.3, -0.25) is 0 Å². The Morgan fingerprint density at radius 2 is 1.82 bits per heavy atom. The van der Waals surface area contributed by atoms with Crippen molar-refractivity contribution in [2.45, 2.75) is 45.8 Å². The van der Waals surface area contributed by atoms with Crippen LogP contribution >= 0.6 is 0 Å². The van der Waals surface area contributed by atoms with Crippen molar-refractivity contribution in [1.82, 2.24) is 0 Å². The summed E-state index contributed by atoms with van der Waals surface area (Å²) in [6.07, 6.45) is 0.952. The molecular formula is C14H23NO2. The zero-order valence-electron chi connectivity index (χ0n) is 11.2. The molecule has 0 spiro atoms. The number of hydrogen-bond acceptors (Lipinski definition) is 3. The SMILES string of the molecule is CCC(O)C(N)Cc1cc(C)c(OC)c(C)c1. The third-order valence-corrected chi connectivity index (χ3v) is 3.11. The standard InChI is InChI=1S/C14H23NO2/c1-5-13(16)12(15)8-11-6-9(2)14(17-4)10(3)7-11/h6-7,12-13,16H,5,8,15H2,1-4H3. The summed E-state index contributed by atoms with van der Waals surface area (Å²) in [4.78, 5) is 0. The lowest BCUT2D eigenvalue weighted by atomic mass is 9.97. The molecule has 0 aliphatic rings. The molecule has 0 fully saturated rings. The van der Waals surface area contributed by atoms with Crippen LogP contribution in [0.15, 0.2) is 12.1 Å². The summed E-state index contributed by atoms with van der Waals surface area (Å²) in [6.45, 7) is 5.99. The van der Waals surface area contributed by atoms with Crippen molar-refractivity contribution >= 4 is 0 Å². The molecule has 96 valence electrons. The number of benzene rings is 1. The van der Waals surface area contributed by atoms with Crippen molar-refractivity contribution in [3.05, 3.63) is 28.8 Å². The molecule has 0 amide bonds. The molecule has 0 saturated heterocycles. The zero-order chi connectivity index (χ0) is 13.0. The number of aliphatic hydroxyl groups is 1. The molecule has 2 unspecified atom stereocenters. The van der Waals surface area contributed by atoms with E-state index in [0.717, 1.165) is 22.4 Å². The third-order valence-electron chi connectivity index (χ3n) is 3.11. The van der Waals surface area contributed by atoms with Crippen molar-refractivity contribution in [2.24, 2.45) is 5.73 Å². The largest absolute Gasteiger partial charge is 0.496 e. The number of nitrogens with two attached hydrogens (primary N) is 1. The second-order valence-corrected chi connectivity index (χ2v) is 4.61. The quantitative estimate of drug-likeness (QED) is 0.823. The van der Waals surface area contributed by atoms with Crippen molar-refractivity contribution in [3.63, 3.8) is 0 Å². The van der Waals surface area contributed by atoms with Crippen LogP contribution in [0.4, 0.5) is 0 Å². The van der Waals surface area contributed by atoms with E-state index < -0.39 is 6.10 Å². The van der Waals surface area contributed by atoms with E-state index in [1.165, 1.54) is 0 Å². The fraction of sp³-hybridized carbons (Fsp3) is 0.571. The van der Waals surface area contributed by atoms with Crippen LogP contribution in [0.25, 0.3) is 0 Å². The highest BCUT2D eigenvalue weighted by Gasteiger charge is 2.14. The maximum atomic E-state index is 9.68. The summed E-state index contributed by atoms with van der Waals surface area (Å²) < 4.78 is 5.32. The molecule has 1 rings (SSSR count). The lowest BCUT2D eigenvalue weighted by Crippen LogP contribution is -2.36. The average Bonchev–Trinajstić information content (AvgIpc) is 2.27. The van der Waals surface area contributed by atoms with Crippen LogP contribution in [0, 0.1) is 13.8 Å². The Morgan fingerprint density at radius 3 is 2.24 bits per heavy atom. The van der Waals surface area contributed by atoms with Crippen LogP contribution in [0.1, 0.15) is 30.0 Å². The highest BCUT2D eigenvalue weighted by molar-refractivity contribution is 5.43. The van der Waals surface area contributed by atoms with Crippen molar-refractivity contribution < 1.29 is 9.84 Å². The van der Waals surface area contributed by atoms with Gasteiger partial charge in [0.2, 0.25) is 0 Å². The highest BCUT2D eigenvalue weighted by Crippen LogP contribution is 2.25. The minimum atomic E-state index is -0.433. The lowest BCUT2D eigenvalue weighted by molar-refractivity contribution is 0.140. The van der Waals surface area contributed by atoms with E-state index in [1.54, 1.807) is 7.11 Å². The second kappa shape index (κ2) is 6.03. The van der Waals surface area contributed by atoms with E-state index in [1.807, 2.05) is 20.8 Å². The van der Waals surface area contributed by atoms with Gasteiger partial charge >= 0.3 is 0 Å². The predicted octanol–water partition coefficient (Wildman–Crippen LogP) is 1.95. The van der Waals surface area contributed by atoms with Crippen LogP contribution in [0.5, 0.6) is 5.75 Å². The summed E-state index contributed by atoms with van der Waals surface area (Å²) in [5.74, 6) is 0.929. The van der Waals surface area contributed by atoms with Gasteiger partial charge in [-0.25, -0.2) is 0 Å². The van der Waals surface area contributed by atoms with Gasteiger partial charge in [0.1, 0.15) is 5.75 Å². The Balaban J connectivity index is 2.86. The Hall–Kier alpha value is -1.06. The lowest BCUT2D eigenvalue weighted by Gasteiger charge is -2.18. The third kappa shape index (κ3) is 3.45. The molecule has 17 heavy (non-hydrogen) atoms. The monoisotopic (exact) mass is 237 g/mol. The predicted molar refractivity (Wildman–Crippen MR) is 70.4 cm³/mol. The molecule has 0 bridgehead atoms. The summed E-state index contributed by atoms with van der Waals surface area (Å²) >= 11 is 0. The van der Waals surface area contributed by atoms with E-state index in [2.05, 4.69) is 12.1 Å². The molecular weight excluding hydrogens is 214 g/mol. The topological polar surface area (TPSA) is 55.5 Å². The Kier molecular flexibility index (Phi) is 4.97. The van der Waals surface area contributed by atoms with E-state index in [-0.39, 0.29) is 6.04 Å². The van der Waals surface area contributed by atoms with E-state index in [4.69, 9.17) is 10.5 Å². The van der Waals surface area contributed by atoms with Crippen LogP contribution in [0.2, 0.25) is 0 Å². The number of hydrogen-bond donors (Lipinski definition) is 2. The maximum absolute atomic E-state index is 9.68. The average molecular weight is 237 g/mol. The molecule has 3 N–H and O–H groups in total.